The Morgan fingerprint density at radius 3 is 2.39 bits per heavy atom. The highest BCUT2D eigenvalue weighted by atomic mass is 32.2. The first-order valence-electron chi connectivity index (χ1n) is 11.7. The molecule has 1 fully saturated rings. The summed E-state index contributed by atoms with van der Waals surface area (Å²) in [5.74, 6) is -0.0992. The van der Waals surface area contributed by atoms with Crippen molar-refractivity contribution in [3.05, 3.63) is 42.2 Å². The van der Waals surface area contributed by atoms with E-state index in [9.17, 15) is 13.2 Å². The lowest BCUT2D eigenvalue weighted by Gasteiger charge is -2.12. The summed E-state index contributed by atoms with van der Waals surface area (Å²) in [5.41, 5.74) is 0.418. The van der Waals surface area contributed by atoms with Crippen molar-refractivity contribution in [1.29, 1.82) is 0 Å². The predicted octanol–water partition coefficient (Wildman–Crippen LogP) is 2.61. The minimum atomic E-state index is -3.47. The molecule has 1 aromatic heterocycles. The van der Waals surface area contributed by atoms with E-state index in [4.69, 9.17) is 19.0 Å². The Bertz CT molecular complexity index is 1100. The number of amides is 1. The van der Waals surface area contributed by atoms with Crippen LogP contribution in [0.15, 0.2) is 46.7 Å². The van der Waals surface area contributed by atoms with Gasteiger partial charge >= 0.3 is 0 Å². The van der Waals surface area contributed by atoms with Gasteiger partial charge in [-0.15, -0.1) is 0 Å². The normalized spacial score (nSPS) is 14.6. The van der Waals surface area contributed by atoms with Gasteiger partial charge in [-0.1, -0.05) is 17.3 Å². The largest absolute Gasteiger partial charge is 0.474 e. The summed E-state index contributed by atoms with van der Waals surface area (Å²) in [7, 11) is -0.378. The highest BCUT2D eigenvalue weighted by molar-refractivity contribution is 7.91. The van der Waals surface area contributed by atoms with Gasteiger partial charge in [0.2, 0.25) is 5.88 Å². The molecule has 1 aliphatic rings. The highest BCUT2D eigenvalue weighted by Crippen LogP contribution is 2.22. The molecule has 11 nitrogen and oxygen atoms in total. The molecule has 196 valence electrons. The summed E-state index contributed by atoms with van der Waals surface area (Å²) in [6, 6.07) is 6.00. The molecule has 0 spiro atoms. The molecular formula is C24H32N4O7S. The van der Waals surface area contributed by atoms with Gasteiger partial charge in [0.1, 0.15) is 12.7 Å². The molecule has 1 aromatic carbocycles. The number of benzene rings is 1. The van der Waals surface area contributed by atoms with Crippen LogP contribution >= 0.6 is 0 Å². The Hall–Kier alpha value is -3.09. The summed E-state index contributed by atoms with van der Waals surface area (Å²) in [6.07, 6.45) is 6.92. The van der Waals surface area contributed by atoms with E-state index in [0.717, 1.165) is 25.7 Å². The molecule has 2 aromatic rings. The molecule has 3 rings (SSSR count). The van der Waals surface area contributed by atoms with Gasteiger partial charge in [0.25, 0.3) is 5.91 Å². The maximum atomic E-state index is 13.1. The van der Waals surface area contributed by atoms with Crippen LogP contribution in [-0.2, 0) is 28.9 Å². The van der Waals surface area contributed by atoms with E-state index < -0.39 is 15.7 Å². The first-order valence-corrected chi connectivity index (χ1v) is 13.4. The number of rotatable bonds is 14. The zero-order chi connectivity index (χ0) is 25.8. The lowest BCUT2D eigenvalue weighted by molar-refractivity contribution is -0.110. The number of oxime groups is 1. The first-order chi connectivity index (χ1) is 17.4. The third kappa shape index (κ3) is 8.25. The Morgan fingerprint density at radius 2 is 1.75 bits per heavy atom. The summed E-state index contributed by atoms with van der Waals surface area (Å²) in [6.45, 7) is 1.09. The fourth-order valence-corrected chi connectivity index (χ4v) is 4.82. The molecule has 0 atom stereocenters. The van der Waals surface area contributed by atoms with Crippen LogP contribution in [0.1, 0.15) is 37.7 Å². The van der Waals surface area contributed by atoms with Gasteiger partial charge in [-0.25, -0.2) is 18.4 Å². The Morgan fingerprint density at radius 1 is 1.03 bits per heavy atom. The fraction of sp³-hybridized carbons (Fsp3) is 0.500. The molecule has 1 amide bonds. The van der Waals surface area contributed by atoms with E-state index in [-0.39, 0.29) is 28.3 Å². The molecular weight excluding hydrogens is 488 g/mol. The van der Waals surface area contributed by atoms with E-state index in [1.165, 1.54) is 43.8 Å². The molecule has 0 unspecified atom stereocenters. The number of carbonyl (C=O) groups is 1. The van der Waals surface area contributed by atoms with Gasteiger partial charge in [-0.05, 0) is 44.2 Å². The summed E-state index contributed by atoms with van der Waals surface area (Å²) in [5, 5.41) is 6.80. The van der Waals surface area contributed by atoms with Crippen molar-refractivity contribution in [3.8, 4) is 5.88 Å². The number of aromatic nitrogens is 2. The molecule has 1 aliphatic carbocycles. The van der Waals surface area contributed by atoms with Crippen molar-refractivity contribution >= 4 is 27.3 Å². The highest BCUT2D eigenvalue weighted by Gasteiger charge is 2.21. The molecule has 1 saturated carbocycles. The van der Waals surface area contributed by atoms with E-state index >= 15 is 0 Å². The molecule has 0 bridgehead atoms. The number of methoxy groups -OCH3 is 2. The van der Waals surface area contributed by atoms with Crippen LogP contribution in [-0.4, -0.2) is 75.9 Å². The van der Waals surface area contributed by atoms with Gasteiger partial charge in [-0.3, -0.25) is 4.79 Å². The number of ether oxygens (including phenoxy) is 3. The number of carbonyl (C=O) groups excluding carboxylic acids is 1. The van der Waals surface area contributed by atoms with Gasteiger partial charge in [-0.2, -0.15) is 0 Å². The van der Waals surface area contributed by atoms with Crippen LogP contribution in [0.3, 0.4) is 0 Å². The van der Waals surface area contributed by atoms with E-state index in [0.29, 0.717) is 37.7 Å². The predicted molar refractivity (Wildman–Crippen MR) is 133 cm³/mol. The maximum absolute atomic E-state index is 13.1. The zero-order valence-corrected chi connectivity index (χ0v) is 21.3. The second-order valence-corrected chi connectivity index (χ2v) is 10.3. The smallest absolute Gasteiger partial charge is 0.279 e. The van der Waals surface area contributed by atoms with Crippen LogP contribution in [0.4, 0.5) is 5.82 Å². The number of nitrogens with zero attached hydrogens (tertiary/aromatic N) is 3. The summed E-state index contributed by atoms with van der Waals surface area (Å²) < 4.78 is 40.3. The quantitative estimate of drug-likeness (QED) is 0.226. The fourth-order valence-electron chi connectivity index (χ4n) is 3.54. The lowest BCUT2D eigenvalue weighted by Crippen LogP contribution is -2.25. The average Bonchev–Trinajstić information content (AvgIpc) is 3.39. The minimum absolute atomic E-state index is 0.00690. The molecule has 12 heteroatoms. The van der Waals surface area contributed by atoms with Crippen LogP contribution < -0.4 is 10.1 Å². The van der Waals surface area contributed by atoms with Crippen molar-refractivity contribution in [2.75, 3.05) is 45.1 Å². The maximum Gasteiger partial charge on any atom is 0.279 e. The Kier molecular flexibility index (Phi) is 10.6. The SMILES string of the molecule is COCCCS(=O)(=O)c1ccc(/C(=N\OC2CCCC2)C(=O)Nc2cnc(OCCOC)cn2)cc1. The van der Waals surface area contributed by atoms with E-state index in [1.54, 1.807) is 7.11 Å². The molecule has 1 N–H and O–H groups in total. The topological polar surface area (TPSA) is 138 Å². The second-order valence-electron chi connectivity index (χ2n) is 8.18. The van der Waals surface area contributed by atoms with Gasteiger partial charge < -0.3 is 24.4 Å². The molecule has 0 saturated heterocycles. The molecule has 1 heterocycles. The first kappa shape index (κ1) is 27.5. The van der Waals surface area contributed by atoms with Crippen LogP contribution in [0.5, 0.6) is 5.88 Å². The van der Waals surface area contributed by atoms with Gasteiger partial charge in [0, 0.05) is 26.4 Å². The van der Waals surface area contributed by atoms with Crippen molar-refractivity contribution < 1.29 is 32.3 Å². The summed E-state index contributed by atoms with van der Waals surface area (Å²) in [4.78, 5) is 27.2. The molecule has 0 aliphatic heterocycles. The zero-order valence-electron chi connectivity index (χ0n) is 20.5. The molecule has 0 radical (unpaired) electrons. The van der Waals surface area contributed by atoms with Crippen molar-refractivity contribution in [1.82, 2.24) is 9.97 Å². The Balaban J connectivity index is 1.75. The minimum Gasteiger partial charge on any atom is -0.474 e. The van der Waals surface area contributed by atoms with Crippen LogP contribution in [0.2, 0.25) is 0 Å². The lowest BCUT2D eigenvalue weighted by atomic mass is 10.1. The van der Waals surface area contributed by atoms with Crippen LogP contribution in [0, 0.1) is 0 Å². The van der Waals surface area contributed by atoms with E-state index in [2.05, 4.69) is 20.4 Å². The standard InChI is InChI=1S/C24H32N4O7S/c1-32-12-5-15-36(30,31)20-10-8-18(9-11-20)23(28-35-19-6-3-4-7-19)24(29)27-21-16-26-22(17-25-21)34-14-13-33-2/h8-11,16-17,19H,3-7,12-15H2,1-2H3,(H,25,27,29)/b28-23+. The van der Waals surface area contributed by atoms with Crippen LogP contribution in [0.25, 0.3) is 0 Å². The number of hydrogen-bond acceptors (Lipinski definition) is 10. The summed E-state index contributed by atoms with van der Waals surface area (Å²) >= 11 is 0. The third-order valence-corrected chi connectivity index (χ3v) is 7.28. The van der Waals surface area contributed by atoms with Gasteiger partial charge in [0.15, 0.2) is 21.4 Å². The number of anilines is 1. The third-order valence-electron chi connectivity index (χ3n) is 5.47. The monoisotopic (exact) mass is 520 g/mol. The van der Waals surface area contributed by atoms with Crippen molar-refractivity contribution in [2.24, 2.45) is 5.16 Å². The molecule has 36 heavy (non-hydrogen) atoms. The van der Waals surface area contributed by atoms with E-state index in [1.807, 2.05) is 0 Å². The average molecular weight is 521 g/mol. The second kappa shape index (κ2) is 13.9. The van der Waals surface area contributed by atoms with Crippen molar-refractivity contribution in [3.63, 3.8) is 0 Å². The number of sulfone groups is 1. The number of nitrogens with one attached hydrogen (secondary N) is 1. The van der Waals surface area contributed by atoms with Crippen molar-refractivity contribution in [2.45, 2.75) is 43.1 Å². The van der Waals surface area contributed by atoms with Gasteiger partial charge in [0.05, 0.1) is 29.6 Å². The Labute approximate surface area is 211 Å². The number of hydrogen-bond donors (Lipinski definition) is 1.